The van der Waals surface area contributed by atoms with E-state index in [0.717, 1.165) is 30.5 Å². The van der Waals surface area contributed by atoms with Crippen molar-refractivity contribution in [3.63, 3.8) is 0 Å². The molecule has 2 rings (SSSR count). The molecule has 0 aromatic heterocycles. The number of anilines is 1. The normalized spacial score (nSPS) is 25.4. The zero-order valence-electron chi connectivity index (χ0n) is 13.1. The summed E-state index contributed by atoms with van der Waals surface area (Å²) in [6.07, 6.45) is 3.47. The third-order valence-corrected chi connectivity index (χ3v) is 4.11. The van der Waals surface area contributed by atoms with E-state index in [9.17, 15) is 4.79 Å². The van der Waals surface area contributed by atoms with E-state index in [2.05, 4.69) is 11.4 Å². The molecular formula is C17H25NO3. The predicted octanol–water partition coefficient (Wildman–Crippen LogP) is 3.30. The molecule has 4 heteroatoms. The summed E-state index contributed by atoms with van der Waals surface area (Å²) in [5, 5.41) is 3.43. The van der Waals surface area contributed by atoms with Gasteiger partial charge in [-0.25, -0.2) is 4.79 Å². The summed E-state index contributed by atoms with van der Waals surface area (Å²) < 4.78 is 10.8. The molecule has 1 aromatic rings. The zero-order valence-corrected chi connectivity index (χ0v) is 13.1. The van der Waals surface area contributed by atoms with Gasteiger partial charge in [-0.3, -0.25) is 0 Å². The molecule has 0 radical (unpaired) electrons. The van der Waals surface area contributed by atoms with Crippen LogP contribution in [0.3, 0.4) is 0 Å². The lowest BCUT2D eigenvalue weighted by Crippen LogP contribution is -2.52. The van der Waals surface area contributed by atoms with Gasteiger partial charge in [0.2, 0.25) is 0 Å². The van der Waals surface area contributed by atoms with Crippen molar-refractivity contribution < 1.29 is 14.3 Å². The van der Waals surface area contributed by atoms with E-state index < -0.39 is 5.54 Å². The largest absolute Gasteiger partial charge is 0.464 e. The molecule has 1 aliphatic rings. The van der Waals surface area contributed by atoms with Gasteiger partial charge in [-0.2, -0.15) is 0 Å². The minimum atomic E-state index is -0.678. The first kappa shape index (κ1) is 15.8. The van der Waals surface area contributed by atoms with Crippen molar-refractivity contribution in [1.82, 2.24) is 0 Å². The Morgan fingerprint density at radius 1 is 1.48 bits per heavy atom. The van der Waals surface area contributed by atoms with E-state index in [1.165, 1.54) is 0 Å². The number of aryl methyl sites for hydroxylation is 1. The summed E-state index contributed by atoms with van der Waals surface area (Å²) in [5.74, 6) is -0.173. The topological polar surface area (TPSA) is 47.6 Å². The van der Waals surface area contributed by atoms with Crippen molar-refractivity contribution in [2.24, 2.45) is 0 Å². The second-order valence-corrected chi connectivity index (χ2v) is 5.75. The van der Waals surface area contributed by atoms with Gasteiger partial charge < -0.3 is 14.8 Å². The van der Waals surface area contributed by atoms with Crippen molar-refractivity contribution in [3.8, 4) is 0 Å². The molecule has 1 N–H and O–H groups in total. The van der Waals surface area contributed by atoms with Crippen LogP contribution >= 0.6 is 0 Å². The molecule has 1 fully saturated rings. The van der Waals surface area contributed by atoms with Crippen molar-refractivity contribution in [2.45, 2.75) is 51.2 Å². The number of benzene rings is 1. The van der Waals surface area contributed by atoms with Crippen LogP contribution in [-0.2, 0) is 14.3 Å². The SMILES string of the molecule is CCOC(=O)C1(Nc2cccc(C)c2)CCCC(OC)C1. The second kappa shape index (κ2) is 6.94. The third-order valence-electron chi connectivity index (χ3n) is 4.11. The maximum Gasteiger partial charge on any atom is 0.331 e. The summed E-state index contributed by atoms with van der Waals surface area (Å²) in [4.78, 5) is 12.5. The average molecular weight is 291 g/mol. The smallest absolute Gasteiger partial charge is 0.331 e. The summed E-state index contributed by atoms with van der Waals surface area (Å²) in [6, 6.07) is 8.08. The molecule has 0 aliphatic heterocycles. The Labute approximate surface area is 126 Å². The third kappa shape index (κ3) is 3.76. The Morgan fingerprint density at radius 2 is 2.29 bits per heavy atom. The highest BCUT2D eigenvalue weighted by molar-refractivity contribution is 5.85. The maximum atomic E-state index is 12.5. The number of hydrogen-bond donors (Lipinski definition) is 1. The Morgan fingerprint density at radius 3 is 2.95 bits per heavy atom. The van der Waals surface area contributed by atoms with Crippen LogP contribution in [0.25, 0.3) is 0 Å². The molecule has 1 aromatic carbocycles. The van der Waals surface area contributed by atoms with Crippen LogP contribution < -0.4 is 5.32 Å². The number of rotatable bonds is 5. The standard InChI is InChI=1S/C17H25NO3/c1-4-21-16(19)17(10-6-9-15(12-17)20-3)18-14-8-5-7-13(2)11-14/h5,7-8,11,15,18H,4,6,9-10,12H2,1-3H3. The van der Waals surface area contributed by atoms with Crippen LogP contribution in [0.5, 0.6) is 0 Å². The Balaban J connectivity index is 2.25. The quantitative estimate of drug-likeness (QED) is 0.846. The van der Waals surface area contributed by atoms with Crippen molar-refractivity contribution in [2.75, 3.05) is 19.0 Å². The molecule has 4 nitrogen and oxygen atoms in total. The Kier molecular flexibility index (Phi) is 5.23. The van der Waals surface area contributed by atoms with Crippen LogP contribution in [0.1, 0.15) is 38.2 Å². The lowest BCUT2D eigenvalue weighted by Gasteiger charge is -2.39. The van der Waals surface area contributed by atoms with E-state index in [-0.39, 0.29) is 12.1 Å². The monoisotopic (exact) mass is 291 g/mol. The Hall–Kier alpha value is -1.55. The van der Waals surface area contributed by atoms with Gasteiger partial charge in [-0.15, -0.1) is 0 Å². The predicted molar refractivity (Wildman–Crippen MR) is 83.4 cm³/mol. The highest BCUT2D eigenvalue weighted by atomic mass is 16.5. The van der Waals surface area contributed by atoms with E-state index in [4.69, 9.17) is 9.47 Å². The fourth-order valence-electron chi connectivity index (χ4n) is 3.04. The average Bonchev–Trinajstić information content (AvgIpc) is 2.47. The van der Waals surface area contributed by atoms with Gasteiger partial charge in [-0.05, 0) is 50.8 Å². The summed E-state index contributed by atoms with van der Waals surface area (Å²) in [7, 11) is 1.71. The molecular weight excluding hydrogens is 266 g/mol. The van der Waals surface area contributed by atoms with Crippen LogP contribution in [-0.4, -0.2) is 31.3 Å². The molecule has 116 valence electrons. The highest BCUT2D eigenvalue weighted by Gasteiger charge is 2.44. The lowest BCUT2D eigenvalue weighted by atomic mass is 9.79. The number of hydrogen-bond acceptors (Lipinski definition) is 4. The highest BCUT2D eigenvalue weighted by Crippen LogP contribution is 2.34. The van der Waals surface area contributed by atoms with Crippen LogP contribution in [0.15, 0.2) is 24.3 Å². The second-order valence-electron chi connectivity index (χ2n) is 5.75. The molecule has 21 heavy (non-hydrogen) atoms. The van der Waals surface area contributed by atoms with Gasteiger partial charge in [0.25, 0.3) is 0 Å². The molecule has 0 saturated heterocycles. The van der Waals surface area contributed by atoms with Gasteiger partial charge in [0, 0.05) is 19.2 Å². The first-order valence-corrected chi connectivity index (χ1v) is 7.64. The minimum Gasteiger partial charge on any atom is -0.464 e. The van der Waals surface area contributed by atoms with Gasteiger partial charge in [0.15, 0.2) is 0 Å². The lowest BCUT2D eigenvalue weighted by molar-refractivity contribution is -0.151. The van der Waals surface area contributed by atoms with E-state index in [0.29, 0.717) is 13.0 Å². The van der Waals surface area contributed by atoms with Gasteiger partial charge in [0.05, 0.1) is 12.7 Å². The van der Waals surface area contributed by atoms with E-state index >= 15 is 0 Å². The van der Waals surface area contributed by atoms with Gasteiger partial charge in [-0.1, -0.05) is 12.1 Å². The molecule has 0 bridgehead atoms. The molecule has 1 aliphatic carbocycles. The van der Waals surface area contributed by atoms with E-state index in [1.54, 1.807) is 7.11 Å². The van der Waals surface area contributed by atoms with E-state index in [1.807, 2.05) is 32.0 Å². The van der Waals surface area contributed by atoms with Crippen molar-refractivity contribution >= 4 is 11.7 Å². The fourth-order valence-corrected chi connectivity index (χ4v) is 3.04. The first-order valence-electron chi connectivity index (χ1n) is 7.64. The van der Waals surface area contributed by atoms with Crippen LogP contribution in [0.2, 0.25) is 0 Å². The van der Waals surface area contributed by atoms with Crippen molar-refractivity contribution in [3.05, 3.63) is 29.8 Å². The molecule has 2 atom stereocenters. The number of methoxy groups -OCH3 is 1. The molecule has 1 saturated carbocycles. The maximum absolute atomic E-state index is 12.5. The number of carbonyl (C=O) groups is 1. The fraction of sp³-hybridized carbons (Fsp3) is 0.588. The number of nitrogens with one attached hydrogen (secondary N) is 1. The molecule has 0 amide bonds. The molecule has 2 unspecified atom stereocenters. The summed E-state index contributed by atoms with van der Waals surface area (Å²) in [5.41, 5.74) is 1.45. The van der Waals surface area contributed by atoms with Crippen LogP contribution in [0.4, 0.5) is 5.69 Å². The Bertz CT molecular complexity index is 489. The summed E-state index contributed by atoms with van der Waals surface area (Å²) in [6.45, 7) is 4.28. The molecule has 0 spiro atoms. The minimum absolute atomic E-state index is 0.0977. The number of carbonyl (C=O) groups excluding carboxylic acids is 1. The van der Waals surface area contributed by atoms with Crippen molar-refractivity contribution in [1.29, 1.82) is 0 Å². The zero-order chi connectivity index (χ0) is 15.3. The number of esters is 1. The number of ether oxygens (including phenoxy) is 2. The van der Waals surface area contributed by atoms with Gasteiger partial charge in [0.1, 0.15) is 5.54 Å². The summed E-state index contributed by atoms with van der Waals surface area (Å²) >= 11 is 0. The molecule has 0 heterocycles. The van der Waals surface area contributed by atoms with Gasteiger partial charge >= 0.3 is 5.97 Å². The first-order chi connectivity index (χ1) is 10.1. The van der Waals surface area contributed by atoms with Crippen LogP contribution in [0, 0.1) is 6.92 Å².